The lowest BCUT2D eigenvalue weighted by Gasteiger charge is -2.13. The van der Waals surface area contributed by atoms with Crippen LogP contribution in [0.2, 0.25) is 0 Å². The highest BCUT2D eigenvalue weighted by atomic mass is 16.4. The molecule has 1 aromatic carbocycles. The van der Waals surface area contributed by atoms with Crippen LogP contribution in [0.3, 0.4) is 0 Å². The second-order valence-corrected chi connectivity index (χ2v) is 3.28. The molecule has 1 rings (SSSR count). The molecule has 1 atom stereocenters. The van der Waals surface area contributed by atoms with E-state index in [1.165, 1.54) is 0 Å². The SMILES string of the molecule is NCC(CCC(=O)O)c1ccccc1. The van der Waals surface area contributed by atoms with E-state index in [0.29, 0.717) is 13.0 Å². The zero-order valence-electron chi connectivity index (χ0n) is 8.02. The zero-order chi connectivity index (χ0) is 10.4. The summed E-state index contributed by atoms with van der Waals surface area (Å²) in [5.74, 6) is -0.605. The van der Waals surface area contributed by atoms with Crippen molar-refractivity contribution in [1.82, 2.24) is 0 Å². The molecular formula is C11H15NO2. The molecule has 0 aromatic heterocycles. The van der Waals surface area contributed by atoms with Gasteiger partial charge < -0.3 is 10.8 Å². The number of benzene rings is 1. The van der Waals surface area contributed by atoms with E-state index in [0.717, 1.165) is 5.56 Å². The van der Waals surface area contributed by atoms with E-state index in [-0.39, 0.29) is 12.3 Å². The number of carboxylic acids is 1. The monoisotopic (exact) mass is 193 g/mol. The fourth-order valence-corrected chi connectivity index (χ4v) is 1.44. The van der Waals surface area contributed by atoms with Gasteiger partial charge in [0.2, 0.25) is 0 Å². The molecule has 0 saturated heterocycles. The van der Waals surface area contributed by atoms with E-state index in [1.807, 2.05) is 30.3 Å². The lowest BCUT2D eigenvalue weighted by atomic mass is 9.94. The maximum Gasteiger partial charge on any atom is 0.303 e. The molecule has 0 bridgehead atoms. The van der Waals surface area contributed by atoms with Crippen molar-refractivity contribution >= 4 is 5.97 Å². The fourth-order valence-electron chi connectivity index (χ4n) is 1.44. The van der Waals surface area contributed by atoms with Crippen LogP contribution in [0.1, 0.15) is 24.3 Å². The highest BCUT2D eigenvalue weighted by Crippen LogP contribution is 2.19. The Morgan fingerprint density at radius 3 is 2.50 bits per heavy atom. The van der Waals surface area contributed by atoms with Gasteiger partial charge in [-0.1, -0.05) is 30.3 Å². The molecular weight excluding hydrogens is 178 g/mol. The van der Waals surface area contributed by atoms with Gasteiger partial charge in [-0.3, -0.25) is 4.79 Å². The topological polar surface area (TPSA) is 63.3 Å². The van der Waals surface area contributed by atoms with E-state index in [1.54, 1.807) is 0 Å². The van der Waals surface area contributed by atoms with E-state index in [2.05, 4.69) is 0 Å². The maximum atomic E-state index is 10.4. The number of rotatable bonds is 5. The predicted octanol–water partition coefficient (Wildman–Crippen LogP) is 1.59. The molecule has 0 aliphatic carbocycles. The summed E-state index contributed by atoms with van der Waals surface area (Å²) < 4.78 is 0. The third-order valence-electron chi connectivity index (χ3n) is 2.26. The number of aliphatic carboxylic acids is 1. The first-order valence-corrected chi connectivity index (χ1v) is 4.71. The standard InChI is InChI=1S/C11H15NO2/c12-8-10(6-7-11(13)14)9-4-2-1-3-5-9/h1-5,10H,6-8,12H2,(H,13,14). The van der Waals surface area contributed by atoms with Crippen LogP contribution >= 0.6 is 0 Å². The van der Waals surface area contributed by atoms with Gasteiger partial charge in [0, 0.05) is 6.42 Å². The molecule has 3 heteroatoms. The first kappa shape index (κ1) is 10.7. The Bertz CT molecular complexity index is 285. The number of carboxylic acid groups (broad SMARTS) is 1. The molecule has 0 saturated carbocycles. The maximum absolute atomic E-state index is 10.4. The molecule has 1 aromatic rings. The first-order chi connectivity index (χ1) is 6.74. The summed E-state index contributed by atoms with van der Waals surface area (Å²) in [5, 5.41) is 8.56. The number of hydrogen-bond donors (Lipinski definition) is 2. The zero-order valence-corrected chi connectivity index (χ0v) is 8.02. The minimum atomic E-state index is -0.764. The van der Waals surface area contributed by atoms with Crippen molar-refractivity contribution in [3.63, 3.8) is 0 Å². The van der Waals surface area contributed by atoms with Crippen LogP contribution in [0.5, 0.6) is 0 Å². The summed E-state index contributed by atoms with van der Waals surface area (Å²) in [6.07, 6.45) is 0.784. The lowest BCUT2D eigenvalue weighted by Crippen LogP contribution is -2.13. The third kappa shape index (κ3) is 3.18. The van der Waals surface area contributed by atoms with Crippen LogP contribution in [0.25, 0.3) is 0 Å². The van der Waals surface area contributed by atoms with Gasteiger partial charge in [-0.05, 0) is 24.4 Å². The predicted molar refractivity (Wildman–Crippen MR) is 55.1 cm³/mol. The summed E-state index contributed by atoms with van der Waals surface area (Å²) in [6, 6.07) is 9.80. The Morgan fingerprint density at radius 1 is 1.36 bits per heavy atom. The van der Waals surface area contributed by atoms with Gasteiger partial charge >= 0.3 is 5.97 Å². The molecule has 3 N–H and O–H groups in total. The summed E-state index contributed by atoms with van der Waals surface area (Å²) in [5.41, 5.74) is 6.72. The molecule has 0 heterocycles. The van der Waals surface area contributed by atoms with E-state index in [9.17, 15) is 4.79 Å². The largest absolute Gasteiger partial charge is 0.481 e. The fraction of sp³-hybridized carbons (Fsp3) is 0.364. The Labute approximate surface area is 83.6 Å². The Balaban J connectivity index is 2.58. The van der Waals surface area contributed by atoms with Crippen LogP contribution in [-0.4, -0.2) is 17.6 Å². The second-order valence-electron chi connectivity index (χ2n) is 3.28. The molecule has 14 heavy (non-hydrogen) atoms. The summed E-state index contributed by atoms with van der Waals surface area (Å²) in [7, 11) is 0. The highest BCUT2D eigenvalue weighted by Gasteiger charge is 2.10. The van der Waals surface area contributed by atoms with Gasteiger partial charge in [0.15, 0.2) is 0 Å². The molecule has 1 unspecified atom stereocenters. The van der Waals surface area contributed by atoms with Crippen LogP contribution < -0.4 is 5.73 Å². The number of hydrogen-bond acceptors (Lipinski definition) is 2. The van der Waals surface area contributed by atoms with Crippen molar-refractivity contribution in [3.8, 4) is 0 Å². The summed E-state index contributed by atoms with van der Waals surface area (Å²) in [6.45, 7) is 0.497. The van der Waals surface area contributed by atoms with E-state index < -0.39 is 5.97 Å². The van der Waals surface area contributed by atoms with Crippen LogP contribution in [-0.2, 0) is 4.79 Å². The Kier molecular flexibility index (Phi) is 4.13. The third-order valence-corrected chi connectivity index (χ3v) is 2.26. The van der Waals surface area contributed by atoms with E-state index >= 15 is 0 Å². The average molecular weight is 193 g/mol. The molecule has 0 aliphatic rings. The van der Waals surface area contributed by atoms with Gasteiger partial charge in [0.05, 0.1) is 0 Å². The molecule has 76 valence electrons. The Morgan fingerprint density at radius 2 is 2.00 bits per heavy atom. The minimum Gasteiger partial charge on any atom is -0.481 e. The smallest absolute Gasteiger partial charge is 0.303 e. The van der Waals surface area contributed by atoms with Crippen LogP contribution in [0.4, 0.5) is 0 Å². The van der Waals surface area contributed by atoms with Crippen molar-refractivity contribution < 1.29 is 9.90 Å². The van der Waals surface area contributed by atoms with Crippen LogP contribution in [0, 0.1) is 0 Å². The van der Waals surface area contributed by atoms with Gasteiger partial charge in [0.25, 0.3) is 0 Å². The van der Waals surface area contributed by atoms with Gasteiger partial charge in [-0.25, -0.2) is 0 Å². The molecule has 0 spiro atoms. The van der Waals surface area contributed by atoms with Crippen molar-refractivity contribution in [3.05, 3.63) is 35.9 Å². The summed E-state index contributed by atoms with van der Waals surface area (Å²) >= 11 is 0. The van der Waals surface area contributed by atoms with Gasteiger partial charge in [0.1, 0.15) is 0 Å². The van der Waals surface area contributed by atoms with Crippen molar-refractivity contribution in [2.75, 3.05) is 6.54 Å². The second kappa shape index (κ2) is 5.40. The molecule has 0 radical (unpaired) electrons. The molecule has 0 aliphatic heterocycles. The normalized spacial score (nSPS) is 12.4. The number of nitrogens with two attached hydrogens (primary N) is 1. The van der Waals surface area contributed by atoms with Crippen molar-refractivity contribution in [2.45, 2.75) is 18.8 Å². The first-order valence-electron chi connectivity index (χ1n) is 4.71. The van der Waals surface area contributed by atoms with Crippen LogP contribution in [0.15, 0.2) is 30.3 Å². The van der Waals surface area contributed by atoms with Crippen molar-refractivity contribution in [1.29, 1.82) is 0 Å². The summed E-state index contributed by atoms with van der Waals surface area (Å²) in [4.78, 5) is 10.4. The Hall–Kier alpha value is -1.35. The highest BCUT2D eigenvalue weighted by molar-refractivity contribution is 5.66. The molecule has 3 nitrogen and oxygen atoms in total. The quantitative estimate of drug-likeness (QED) is 0.746. The van der Waals surface area contributed by atoms with Crippen molar-refractivity contribution in [2.24, 2.45) is 5.73 Å². The lowest BCUT2D eigenvalue weighted by molar-refractivity contribution is -0.137. The van der Waals surface area contributed by atoms with Gasteiger partial charge in [-0.15, -0.1) is 0 Å². The molecule has 0 fully saturated rings. The minimum absolute atomic E-state index is 0.160. The van der Waals surface area contributed by atoms with E-state index in [4.69, 9.17) is 10.8 Å². The average Bonchev–Trinajstić information content (AvgIpc) is 2.20. The molecule has 0 amide bonds. The number of carbonyl (C=O) groups is 1. The van der Waals surface area contributed by atoms with Gasteiger partial charge in [-0.2, -0.15) is 0 Å².